The standard InChI is InChI=1S/C21H27FN2O3/c1-21(20(25)24-17-7-19(8-17)26-2)9-16(10-21)15-3-5-18(6-4-15)27-13-14(11-22)12-23/h3-6,9,11,17,19H,7-8,10,12-13,23H2,1-2H3,(H,24,25)/b14-11+/t17-,19-,21?. The third-order valence-corrected chi connectivity index (χ3v) is 5.40. The first kappa shape index (κ1) is 19.6. The van der Waals surface area contributed by atoms with Crippen LogP contribution in [0, 0.1) is 5.41 Å². The molecular formula is C21H27FN2O3. The van der Waals surface area contributed by atoms with Crippen LogP contribution in [-0.4, -0.2) is 38.3 Å². The molecule has 0 heterocycles. The van der Waals surface area contributed by atoms with Crippen LogP contribution in [0.4, 0.5) is 4.39 Å². The molecule has 2 aliphatic rings. The van der Waals surface area contributed by atoms with Crippen LogP contribution in [0.3, 0.4) is 0 Å². The summed E-state index contributed by atoms with van der Waals surface area (Å²) < 4.78 is 23.3. The molecular weight excluding hydrogens is 347 g/mol. The van der Waals surface area contributed by atoms with Crippen molar-refractivity contribution >= 4 is 11.5 Å². The van der Waals surface area contributed by atoms with Crippen LogP contribution in [0.5, 0.6) is 5.75 Å². The summed E-state index contributed by atoms with van der Waals surface area (Å²) in [5, 5.41) is 3.11. The second-order valence-electron chi connectivity index (χ2n) is 7.55. The normalized spacial score (nSPS) is 27.3. The summed E-state index contributed by atoms with van der Waals surface area (Å²) in [4.78, 5) is 12.5. The minimum Gasteiger partial charge on any atom is -0.489 e. The van der Waals surface area contributed by atoms with Gasteiger partial charge in [0.2, 0.25) is 5.91 Å². The van der Waals surface area contributed by atoms with E-state index in [9.17, 15) is 9.18 Å². The lowest BCUT2D eigenvalue weighted by Gasteiger charge is -2.40. The van der Waals surface area contributed by atoms with Crippen molar-refractivity contribution in [2.24, 2.45) is 11.1 Å². The van der Waals surface area contributed by atoms with Crippen molar-refractivity contribution in [2.75, 3.05) is 20.3 Å². The fourth-order valence-corrected chi connectivity index (χ4v) is 3.38. The number of nitrogens with one attached hydrogen (secondary N) is 1. The number of carbonyl (C=O) groups excluding carboxylic acids is 1. The molecule has 1 saturated carbocycles. The van der Waals surface area contributed by atoms with Crippen LogP contribution < -0.4 is 15.8 Å². The largest absolute Gasteiger partial charge is 0.489 e. The highest BCUT2D eigenvalue weighted by molar-refractivity contribution is 5.93. The van der Waals surface area contributed by atoms with E-state index >= 15 is 0 Å². The number of carbonyl (C=O) groups is 1. The number of hydrogen-bond acceptors (Lipinski definition) is 4. The van der Waals surface area contributed by atoms with Gasteiger partial charge in [0.25, 0.3) is 0 Å². The summed E-state index contributed by atoms with van der Waals surface area (Å²) in [6.45, 7) is 2.24. The van der Waals surface area contributed by atoms with Crippen LogP contribution in [0.15, 0.2) is 42.2 Å². The Morgan fingerprint density at radius 2 is 2.04 bits per heavy atom. The van der Waals surface area contributed by atoms with Crippen LogP contribution in [0.1, 0.15) is 31.7 Å². The summed E-state index contributed by atoms with van der Waals surface area (Å²) in [6, 6.07) is 7.82. The van der Waals surface area contributed by atoms with E-state index in [0.29, 0.717) is 24.1 Å². The zero-order valence-corrected chi connectivity index (χ0v) is 15.8. The molecule has 0 radical (unpaired) electrons. The topological polar surface area (TPSA) is 73.6 Å². The van der Waals surface area contributed by atoms with E-state index in [2.05, 4.69) is 5.32 Å². The van der Waals surface area contributed by atoms with Crippen molar-refractivity contribution in [2.45, 2.75) is 38.3 Å². The lowest BCUT2D eigenvalue weighted by atomic mass is 9.69. The first-order valence-corrected chi connectivity index (χ1v) is 9.24. The van der Waals surface area contributed by atoms with Crippen molar-refractivity contribution in [3.05, 3.63) is 47.8 Å². The molecule has 1 amide bonds. The number of hydrogen-bond donors (Lipinski definition) is 2. The van der Waals surface area contributed by atoms with Crippen molar-refractivity contribution in [1.82, 2.24) is 5.32 Å². The van der Waals surface area contributed by atoms with Gasteiger partial charge in [-0.15, -0.1) is 0 Å². The van der Waals surface area contributed by atoms with Crippen LogP contribution >= 0.6 is 0 Å². The molecule has 1 unspecified atom stereocenters. The van der Waals surface area contributed by atoms with Crippen LogP contribution in [0.25, 0.3) is 5.57 Å². The quantitative estimate of drug-likeness (QED) is 0.734. The monoisotopic (exact) mass is 374 g/mol. The molecule has 0 aromatic heterocycles. The highest BCUT2D eigenvalue weighted by atomic mass is 19.1. The van der Waals surface area contributed by atoms with Crippen LogP contribution in [-0.2, 0) is 9.53 Å². The van der Waals surface area contributed by atoms with E-state index in [1.54, 1.807) is 7.11 Å². The van der Waals surface area contributed by atoms with E-state index in [0.717, 1.165) is 24.0 Å². The van der Waals surface area contributed by atoms with Gasteiger partial charge >= 0.3 is 0 Å². The van der Waals surface area contributed by atoms with Gasteiger partial charge in [-0.3, -0.25) is 4.79 Å². The van der Waals surface area contributed by atoms with Gasteiger partial charge in [-0.05, 0) is 49.5 Å². The maximum atomic E-state index is 12.5. The van der Waals surface area contributed by atoms with E-state index in [1.807, 2.05) is 37.3 Å². The molecule has 1 atom stereocenters. The van der Waals surface area contributed by atoms with Gasteiger partial charge < -0.3 is 20.5 Å². The highest BCUT2D eigenvalue weighted by Gasteiger charge is 2.41. The van der Waals surface area contributed by atoms with Crippen molar-refractivity contribution < 1.29 is 18.7 Å². The van der Waals surface area contributed by atoms with Crippen molar-refractivity contribution in [3.8, 4) is 5.75 Å². The molecule has 27 heavy (non-hydrogen) atoms. The van der Waals surface area contributed by atoms with Gasteiger partial charge in [0, 0.05) is 25.3 Å². The molecule has 3 N–H and O–H groups in total. The molecule has 5 nitrogen and oxygen atoms in total. The Bertz CT molecular complexity index is 738. The second kappa shape index (κ2) is 8.23. The van der Waals surface area contributed by atoms with Crippen molar-refractivity contribution in [3.63, 3.8) is 0 Å². The number of ether oxygens (including phenoxy) is 2. The number of halogens is 1. The van der Waals surface area contributed by atoms with E-state index in [-0.39, 0.29) is 31.2 Å². The zero-order valence-electron chi connectivity index (χ0n) is 15.8. The Kier molecular flexibility index (Phi) is 5.97. The van der Waals surface area contributed by atoms with Gasteiger partial charge in [-0.2, -0.15) is 0 Å². The molecule has 0 saturated heterocycles. The zero-order chi connectivity index (χ0) is 19.4. The minimum absolute atomic E-state index is 0.0816. The Balaban J connectivity index is 1.53. The van der Waals surface area contributed by atoms with Gasteiger partial charge in [0.15, 0.2) is 0 Å². The Labute approximate surface area is 159 Å². The highest BCUT2D eigenvalue weighted by Crippen LogP contribution is 2.44. The SMILES string of the molecule is CO[C@H]1C[C@H](NC(=O)C2(C)C=C(c3ccc(OC/C(=C/F)CN)cc3)C2)C1. The fraction of sp³-hybridized carbons (Fsp3) is 0.476. The number of benzene rings is 1. The average Bonchev–Trinajstić information content (AvgIpc) is 2.62. The molecule has 2 aliphatic carbocycles. The first-order chi connectivity index (χ1) is 13.0. The van der Waals surface area contributed by atoms with Crippen LogP contribution in [0.2, 0.25) is 0 Å². The lowest BCUT2D eigenvalue weighted by Crippen LogP contribution is -2.52. The summed E-state index contributed by atoms with van der Waals surface area (Å²) >= 11 is 0. The summed E-state index contributed by atoms with van der Waals surface area (Å²) in [7, 11) is 1.70. The average molecular weight is 374 g/mol. The lowest BCUT2D eigenvalue weighted by molar-refractivity contribution is -0.130. The molecule has 0 bridgehead atoms. The molecule has 1 aromatic carbocycles. The Morgan fingerprint density at radius 1 is 1.37 bits per heavy atom. The summed E-state index contributed by atoms with van der Waals surface area (Å²) in [6.07, 6.45) is 5.28. The molecule has 0 spiro atoms. The minimum atomic E-state index is -0.454. The van der Waals surface area contributed by atoms with Gasteiger partial charge in [0.05, 0.1) is 17.8 Å². The predicted molar refractivity (Wildman–Crippen MR) is 103 cm³/mol. The fourth-order valence-electron chi connectivity index (χ4n) is 3.38. The van der Waals surface area contributed by atoms with Crippen molar-refractivity contribution in [1.29, 1.82) is 0 Å². The number of nitrogens with two attached hydrogens (primary N) is 1. The molecule has 146 valence electrons. The molecule has 6 heteroatoms. The number of allylic oxidation sites excluding steroid dienone is 1. The second-order valence-corrected chi connectivity index (χ2v) is 7.55. The predicted octanol–water partition coefficient (Wildman–Crippen LogP) is 2.96. The van der Waals surface area contributed by atoms with Gasteiger partial charge in [-0.1, -0.05) is 18.2 Å². The third kappa shape index (κ3) is 4.39. The molecule has 0 aliphatic heterocycles. The maximum Gasteiger partial charge on any atom is 0.230 e. The van der Waals surface area contributed by atoms with Gasteiger partial charge in [0.1, 0.15) is 12.4 Å². The van der Waals surface area contributed by atoms with Gasteiger partial charge in [-0.25, -0.2) is 4.39 Å². The number of amides is 1. The Hall–Kier alpha value is -2.18. The smallest absolute Gasteiger partial charge is 0.230 e. The van der Waals surface area contributed by atoms with E-state index in [4.69, 9.17) is 15.2 Å². The Morgan fingerprint density at radius 3 is 2.59 bits per heavy atom. The first-order valence-electron chi connectivity index (χ1n) is 9.24. The molecule has 1 aromatic rings. The summed E-state index contributed by atoms with van der Waals surface area (Å²) in [5.41, 5.74) is 7.58. The number of rotatable bonds is 8. The molecule has 1 fully saturated rings. The summed E-state index contributed by atoms with van der Waals surface area (Å²) in [5.74, 6) is 0.739. The third-order valence-electron chi connectivity index (χ3n) is 5.40. The van der Waals surface area contributed by atoms with E-state index in [1.165, 1.54) is 0 Å². The van der Waals surface area contributed by atoms with E-state index < -0.39 is 5.41 Å². The maximum absolute atomic E-state index is 12.5. The number of methoxy groups -OCH3 is 1. The molecule has 3 rings (SSSR count).